The Morgan fingerprint density at radius 1 is 1.13 bits per heavy atom. The average molecular weight is 419 g/mol. The highest BCUT2D eigenvalue weighted by Crippen LogP contribution is 2.33. The van der Waals surface area contributed by atoms with Crippen LogP contribution in [-0.4, -0.2) is 50.7 Å². The number of rotatable bonds is 7. The fourth-order valence-electron chi connectivity index (χ4n) is 3.60. The molecule has 8 heteroatoms. The van der Waals surface area contributed by atoms with Gasteiger partial charge in [0, 0.05) is 25.4 Å². The summed E-state index contributed by atoms with van der Waals surface area (Å²) in [5.41, 5.74) is 3.71. The van der Waals surface area contributed by atoms with Crippen molar-refractivity contribution < 1.29 is 14.3 Å². The molecule has 3 aromatic heterocycles. The van der Waals surface area contributed by atoms with Gasteiger partial charge < -0.3 is 18.8 Å². The first kappa shape index (κ1) is 20.5. The van der Waals surface area contributed by atoms with E-state index in [0.717, 1.165) is 16.9 Å². The van der Waals surface area contributed by atoms with Gasteiger partial charge >= 0.3 is 0 Å². The smallest absolute Gasteiger partial charge is 0.272 e. The number of amides is 1. The second kappa shape index (κ2) is 8.51. The van der Waals surface area contributed by atoms with Crippen LogP contribution in [-0.2, 0) is 13.6 Å². The van der Waals surface area contributed by atoms with Gasteiger partial charge in [0.25, 0.3) is 5.91 Å². The van der Waals surface area contributed by atoms with E-state index in [1.54, 1.807) is 43.1 Å². The molecule has 0 saturated carbocycles. The van der Waals surface area contributed by atoms with Crippen molar-refractivity contribution in [3.05, 3.63) is 66.2 Å². The van der Waals surface area contributed by atoms with E-state index < -0.39 is 0 Å². The molecule has 3 heterocycles. The molecule has 0 spiro atoms. The quantitative estimate of drug-likeness (QED) is 0.459. The summed E-state index contributed by atoms with van der Waals surface area (Å²) in [6.07, 6.45) is 3.76. The van der Waals surface area contributed by atoms with E-state index in [9.17, 15) is 4.79 Å². The van der Waals surface area contributed by atoms with E-state index in [-0.39, 0.29) is 5.91 Å². The zero-order chi connectivity index (χ0) is 22.0. The Morgan fingerprint density at radius 2 is 1.97 bits per heavy atom. The Morgan fingerprint density at radius 3 is 2.71 bits per heavy atom. The number of aromatic nitrogens is 4. The van der Waals surface area contributed by atoms with Crippen LogP contribution in [0.15, 0.2) is 54.9 Å². The zero-order valence-electron chi connectivity index (χ0n) is 18.1. The van der Waals surface area contributed by atoms with Gasteiger partial charge in [-0.25, -0.2) is 4.98 Å². The molecule has 0 aliphatic heterocycles. The maximum Gasteiger partial charge on any atom is 0.272 e. The van der Waals surface area contributed by atoms with Crippen LogP contribution in [0.3, 0.4) is 0 Å². The third-order valence-electron chi connectivity index (χ3n) is 5.30. The Hall–Kier alpha value is -3.81. The van der Waals surface area contributed by atoms with Crippen LogP contribution < -0.4 is 9.47 Å². The molecular weight excluding hydrogens is 394 g/mol. The molecule has 0 aliphatic carbocycles. The van der Waals surface area contributed by atoms with Crippen LogP contribution >= 0.6 is 0 Å². The summed E-state index contributed by atoms with van der Waals surface area (Å²) in [6.45, 7) is 2.97. The van der Waals surface area contributed by atoms with E-state index in [4.69, 9.17) is 9.47 Å². The van der Waals surface area contributed by atoms with Crippen molar-refractivity contribution in [1.82, 2.24) is 24.1 Å². The van der Waals surface area contributed by atoms with Crippen molar-refractivity contribution in [2.75, 3.05) is 20.8 Å². The van der Waals surface area contributed by atoms with E-state index in [1.165, 1.54) is 0 Å². The fraction of sp³-hybridized carbons (Fsp3) is 0.261. The Bertz CT molecular complexity index is 1230. The molecule has 160 valence electrons. The number of fused-ring (bicyclic) bond motifs is 1. The zero-order valence-corrected chi connectivity index (χ0v) is 18.1. The van der Waals surface area contributed by atoms with Crippen molar-refractivity contribution >= 4 is 11.6 Å². The summed E-state index contributed by atoms with van der Waals surface area (Å²) in [6, 6.07) is 13.1. The molecule has 0 N–H and O–H groups in total. The van der Waals surface area contributed by atoms with E-state index >= 15 is 0 Å². The van der Waals surface area contributed by atoms with Crippen molar-refractivity contribution in [3.63, 3.8) is 0 Å². The monoisotopic (exact) mass is 419 g/mol. The number of nitrogens with zero attached hydrogens (tertiary/aromatic N) is 5. The van der Waals surface area contributed by atoms with Crippen LogP contribution in [0.5, 0.6) is 11.5 Å². The van der Waals surface area contributed by atoms with Gasteiger partial charge in [0.05, 0.1) is 38.3 Å². The van der Waals surface area contributed by atoms with Crippen LogP contribution in [0.4, 0.5) is 0 Å². The van der Waals surface area contributed by atoms with Crippen molar-refractivity contribution in [2.24, 2.45) is 7.05 Å². The third-order valence-corrected chi connectivity index (χ3v) is 5.30. The van der Waals surface area contributed by atoms with E-state index in [0.29, 0.717) is 36.0 Å². The summed E-state index contributed by atoms with van der Waals surface area (Å²) in [5.74, 6) is 1.25. The highest BCUT2D eigenvalue weighted by atomic mass is 16.5. The van der Waals surface area contributed by atoms with Gasteiger partial charge in [-0.05, 0) is 43.3 Å². The maximum absolute atomic E-state index is 13.4. The van der Waals surface area contributed by atoms with Gasteiger partial charge in [-0.2, -0.15) is 5.10 Å². The largest absolute Gasteiger partial charge is 0.497 e. The number of methoxy groups -OCH3 is 2. The van der Waals surface area contributed by atoms with E-state index in [2.05, 4.69) is 10.1 Å². The van der Waals surface area contributed by atoms with Gasteiger partial charge in [0.15, 0.2) is 0 Å². The standard InChI is InChI=1S/C23H25N5O3/c1-5-27(15-16-14-24-22-8-6-7-11-28(16)22)23(29)20-13-19(25-26(20)2)18-12-17(30-3)9-10-21(18)31-4/h6-14H,5,15H2,1-4H3. The lowest BCUT2D eigenvalue weighted by Crippen LogP contribution is -2.32. The molecule has 0 unspecified atom stereocenters. The lowest BCUT2D eigenvalue weighted by Gasteiger charge is -2.20. The summed E-state index contributed by atoms with van der Waals surface area (Å²) in [5, 5.41) is 4.57. The highest BCUT2D eigenvalue weighted by molar-refractivity contribution is 5.94. The number of carbonyl (C=O) groups excluding carboxylic acids is 1. The van der Waals surface area contributed by atoms with Crippen LogP contribution in [0.1, 0.15) is 23.1 Å². The first-order valence-electron chi connectivity index (χ1n) is 10.0. The van der Waals surface area contributed by atoms with Crippen LogP contribution in [0.2, 0.25) is 0 Å². The summed E-state index contributed by atoms with van der Waals surface area (Å²) in [7, 11) is 4.98. The lowest BCUT2D eigenvalue weighted by atomic mass is 10.1. The number of hydrogen-bond acceptors (Lipinski definition) is 5. The van der Waals surface area contributed by atoms with Gasteiger partial charge in [0.2, 0.25) is 0 Å². The van der Waals surface area contributed by atoms with Gasteiger partial charge in [-0.3, -0.25) is 9.48 Å². The summed E-state index contributed by atoms with van der Waals surface area (Å²) < 4.78 is 14.4. The van der Waals surface area contributed by atoms with Crippen molar-refractivity contribution in [1.29, 1.82) is 0 Å². The molecule has 0 aliphatic rings. The first-order chi connectivity index (χ1) is 15.0. The lowest BCUT2D eigenvalue weighted by molar-refractivity contribution is 0.0739. The molecule has 4 aromatic rings. The average Bonchev–Trinajstić information content (AvgIpc) is 3.40. The molecule has 31 heavy (non-hydrogen) atoms. The molecule has 1 aromatic carbocycles. The van der Waals surface area contributed by atoms with Gasteiger partial charge in [0.1, 0.15) is 22.8 Å². The first-order valence-corrected chi connectivity index (χ1v) is 10.0. The number of benzene rings is 1. The molecule has 8 nitrogen and oxygen atoms in total. The third kappa shape index (κ3) is 3.84. The highest BCUT2D eigenvalue weighted by Gasteiger charge is 2.22. The van der Waals surface area contributed by atoms with Crippen LogP contribution in [0, 0.1) is 0 Å². The number of pyridine rings is 1. The Labute approximate surface area is 180 Å². The molecule has 1 amide bonds. The Kier molecular flexibility index (Phi) is 5.62. The normalized spacial score (nSPS) is 11.0. The van der Waals surface area contributed by atoms with Crippen LogP contribution in [0.25, 0.3) is 16.9 Å². The molecule has 0 fully saturated rings. The summed E-state index contributed by atoms with van der Waals surface area (Å²) >= 11 is 0. The second-order valence-corrected chi connectivity index (χ2v) is 7.10. The number of ether oxygens (including phenoxy) is 2. The topological polar surface area (TPSA) is 73.9 Å². The van der Waals surface area contributed by atoms with Gasteiger partial charge in [-0.15, -0.1) is 0 Å². The predicted molar refractivity (Wildman–Crippen MR) is 117 cm³/mol. The number of hydrogen-bond donors (Lipinski definition) is 0. The molecule has 0 radical (unpaired) electrons. The fourth-order valence-corrected chi connectivity index (χ4v) is 3.60. The minimum Gasteiger partial charge on any atom is -0.497 e. The molecular formula is C23H25N5O3. The predicted octanol–water partition coefficient (Wildman–Crippen LogP) is 3.41. The molecule has 0 saturated heterocycles. The minimum atomic E-state index is -0.100. The molecule has 0 atom stereocenters. The Balaban J connectivity index is 1.65. The SMILES string of the molecule is CCN(Cc1cnc2ccccn12)C(=O)c1cc(-c2cc(OC)ccc2OC)nn1C. The minimum absolute atomic E-state index is 0.100. The van der Waals surface area contributed by atoms with E-state index in [1.807, 2.05) is 53.9 Å². The second-order valence-electron chi connectivity index (χ2n) is 7.10. The number of carbonyl (C=O) groups is 1. The van der Waals surface area contributed by atoms with Crippen molar-refractivity contribution in [3.8, 4) is 22.8 Å². The number of imidazole rings is 1. The van der Waals surface area contributed by atoms with Gasteiger partial charge in [-0.1, -0.05) is 6.07 Å². The van der Waals surface area contributed by atoms with Crippen molar-refractivity contribution in [2.45, 2.75) is 13.5 Å². The maximum atomic E-state index is 13.4. The summed E-state index contributed by atoms with van der Waals surface area (Å²) in [4.78, 5) is 19.6. The molecule has 4 rings (SSSR count). The number of aryl methyl sites for hydroxylation is 1. The molecule has 0 bridgehead atoms.